The lowest BCUT2D eigenvalue weighted by atomic mass is 10.1. The second kappa shape index (κ2) is 8.23. The summed E-state index contributed by atoms with van der Waals surface area (Å²) in [6, 6.07) is 18.4. The van der Waals surface area contributed by atoms with Gasteiger partial charge in [0, 0.05) is 15.7 Å². The summed E-state index contributed by atoms with van der Waals surface area (Å²) in [6.45, 7) is -2.72. The van der Waals surface area contributed by atoms with E-state index in [0.717, 1.165) is 4.57 Å². The van der Waals surface area contributed by atoms with Crippen LogP contribution < -0.4 is 10.1 Å². The number of benzene rings is 3. The largest absolute Gasteiger partial charge is 0.497 e. The molecule has 8 heteroatoms. The Balaban J connectivity index is 1.62. The Bertz CT molecular complexity index is 1220. The molecule has 0 saturated heterocycles. The van der Waals surface area contributed by atoms with Crippen molar-refractivity contribution in [2.45, 2.75) is 6.55 Å². The zero-order valence-electron chi connectivity index (χ0n) is 15.8. The number of fused-ring (bicyclic) bond motifs is 1. The van der Waals surface area contributed by atoms with E-state index in [0.29, 0.717) is 38.1 Å². The van der Waals surface area contributed by atoms with Crippen molar-refractivity contribution in [3.05, 3.63) is 76.8 Å². The van der Waals surface area contributed by atoms with E-state index >= 15 is 0 Å². The number of methoxy groups -OCH3 is 1. The molecule has 0 aliphatic rings. The minimum absolute atomic E-state index is 0.166. The van der Waals surface area contributed by atoms with Crippen LogP contribution in [-0.4, -0.2) is 22.6 Å². The quantitative estimate of drug-likeness (QED) is 0.381. The highest BCUT2D eigenvalue weighted by atomic mass is 79.9. The van der Waals surface area contributed by atoms with Crippen LogP contribution in [0.4, 0.5) is 14.5 Å². The molecule has 0 saturated carbocycles. The highest BCUT2D eigenvalue weighted by Crippen LogP contribution is 2.30. The monoisotopic (exact) mass is 471 g/mol. The first-order valence-corrected chi connectivity index (χ1v) is 9.77. The maximum atomic E-state index is 13.7. The van der Waals surface area contributed by atoms with Crippen molar-refractivity contribution in [2.24, 2.45) is 0 Å². The Morgan fingerprint density at radius 3 is 2.53 bits per heavy atom. The van der Waals surface area contributed by atoms with Gasteiger partial charge in [-0.2, -0.15) is 8.78 Å². The summed E-state index contributed by atoms with van der Waals surface area (Å²) >= 11 is 3.36. The number of aromatic nitrogens is 2. The van der Waals surface area contributed by atoms with Gasteiger partial charge in [0.2, 0.25) is 0 Å². The fraction of sp³-hybridized carbons (Fsp3) is 0.0909. The normalized spacial score (nSPS) is 11.1. The van der Waals surface area contributed by atoms with Crippen LogP contribution in [0.1, 0.15) is 16.9 Å². The van der Waals surface area contributed by atoms with E-state index in [1.54, 1.807) is 66.7 Å². The van der Waals surface area contributed by atoms with E-state index in [4.69, 9.17) is 4.74 Å². The third-order valence-corrected chi connectivity index (χ3v) is 5.30. The third-order valence-electron chi connectivity index (χ3n) is 4.61. The highest BCUT2D eigenvalue weighted by Gasteiger charge is 2.19. The number of rotatable bonds is 5. The number of carbonyl (C=O) groups excluding carboxylic acids is 1. The minimum Gasteiger partial charge on any atom is -0.497 e. The standard InChI is InChI=1S/C22H16BrF2N3O2/c1-30-15-10-11-17(23)16(12-15)21(29)26-14-8-6-13(7-9-14)20-27-18-4-2-3-5-19(18)28(20)22(24)25/h2-12,22H,1H3,(H,26,29). The number of carbonyl (C=O) groups is 1. The molecule has 0 aliphatic heterocycles. The molecule has 1 N–H and O–H groups in total. The van der Waals surface area contributed by atoms with E-state index in [2.05, 4.69) is 26.2 Å². The van der Waals surface area contributed by atoms with Crippen molar-refractivity contribution in [1.29, 1.82) is 0 Å². The van der Waals surface area contributed by atoms with Gasteiger partial charge in [-0.3, -0.25) is 9.36 Å². The van der Waals surface area contributed by atoms with Crippen molar-refractivity contribution in [3.63, 3.8) is 0 Å². The van der Waals surface area contributed by atoms with Gasteiger partial charge in [0.1, 0.15) is 11.6 Å². The van der Waals surface area contributed by atoms with Gasteiger partial charge in [-0.25, -0.2) is 4.98 Å². The van der Waals surface area contributed by atoms with Crippen LogP contribution in [0.25, 0.3) is 22.4 Å². The summed E-state index contributed by atoms with van der Waals surface area (Å²) in [5, 5.41) is 2.79. The Morgan fingerprint density at radius 1 is 1.10 bits per heavy atom. The number of halogens is 3. The Morgan fingerprint density at radius 2 is 1.83 bits per heavy atom. The second-order valence-corrected chi connectivity index (χ2v) is 7.30. The number of amides is 1. The predicted octanol–water partition coefficient (Wildman–Crippen LogP) is 6.12. The Hall–Kier alpha value is -3.26. The molecule has 0 radical (unpaired) electrons. The summed E-state index contributed by atoms with van der Waals surface area (Å²) < 4.78 is 34.0. The van der Waals surface area contributed by atoms with Crippen molar-refractivity contribution in [2.75, 3.05) is 12.4 Å². The number of imidazole rings is 1. The number of nitrogens with zero attached hydrogens (tertiary/aromatic N) is 2. The van der Waals surface area contributed by atoms with Gasteiger partial charge < -0.3 is 10.1 Å². The van der Waals surface area contributed by atoms with Crippen LogP contribution in [-0.2, 0) is 0 Å². The summed E-state index contributed by atoms with van der Waals surface area (Å²) in [5.41, 5.74) is 2.32. The molecule has 0 aliphatic carbocycles. The predicted molar refractivity (Wildman–Crippen MR) is 115 cm³/mol. The molecule has 152 valence electrons. The topological polar surface area (TPSA) is 56.1 Å². The molecule has 30 heavy (non-hydrogen) atoms. The van der Waals surface area contributed by atoms with Gasteiger partial charge in [0.05, 0.1) is 23.7 Å². The lowest BCUT2D eigenvalue weighted by Crippen LogP contribution is -2.12. The van der Waals surface area contributed by atoms with Gasteiger partial charge in [-0.1, -0.05) is 12.1 Å². The molecule has 0 unspecified atom stereocenters. The van der Waals surface area contributed by atoms with Crippen LogP contribution in [0.5, 0.6) is 5.75 Å². The summed E-state index contributed by atoms with van der Waals surface area (Å²) in [4.78, 5) is 17.0. The fourth-order valence-electron chi connectivity index (χ4n) is 3.15. The van der Waals surface area contributed by atoms with E-state index in [9.17, 15) is 13.6 Å². The maximum Gasteiger partial charge on any atom is 0.320 e. The summed E-state index contributed by atoms with van der Waals surface area (Å²) in [6.07, 6.45) is 0. The molecule has 1 aromatic heterocycles. The number of nitrogens with one attached hydrogen (secondary N) is 1. The number of alkyl halides is 2. The van der Waals surface area contributed by atoms with Crippen molar-refractivity contribution in [3.8, 4) is 17.1 Å². The van der Waals surface area contributed by atoms with Crippen LogP contribution in [0, 0.1) is 0 Å². The number of ether oxygens (including phenoxy) is 1. The lowest BCUT2D eigenvalue weighted by molar-refractivity contribution is 0.0764. The lowest BCUT2D eigenvalue weighted by Gasteiger charge is -2.10. The molecule has 3 aromatic carbocycles. The number of hydrogen-bond donors (Lipinski definition) is 1. The zero-order chi connectivity index (χ0) is 21.3. The summed E-state index contributed by atoms with van der Waals surface area (Å²) in [5.74, 6) is 0.401. The number of anilines is 1. The SMILES string of the molecule is COc1ccc(Br)c(C(=O)Nc2ccc(-c3nc4ccccc4n3C(F)F)cc2)c1. The molecule has 0 fully saturated rings. The Labute approximate surface area is 179 Å². The molecule has 0 spiro atoms. The Kier molecular flexibility index (Phi) is 5.50. The van der Waals surface area contributed by atoms with Crippen LogP contribution in [0.15, 0.2) is 71.2 Å². The molecule has 0 atom stereocenters. The van der Waals surface area contributed by atoms with Gasteiger partial charge in [0.25, 0.3) is 5.91 Å². The van der Waals surface area contributed by atoms with Gasteiger partial charge in [-0.05, 0) is 70.5 Å². The van der Waals surface area contributed by atoms with Crippen molar-refractivity contribution >= 4 is 38.6 Å². The average Bonchev–Trinajstić information content (AvgIpc) is 3.14. The molecular weight excluding hydrogens is 456 g/mol. The molecule has 4 aromatic rings. The first-order chi connectivity index (χ1) is 14.5. The first kappa shape index (κ1) is 20.0. The molecule has 4 rings (SSSR count). The number of para-hydroxylation sites is 2. The van der Waals surface area contributed by atoms with Gasteiger partial charge in [0.15, 0.2) is 0 Å². The number of hydrogen-bond acceptors (Lipinski definition) is 3. The van der Waals surface area contributed by atoms with E-state index in [1.165, 1.54) is 7.11 Å². The van der Waals surface area contributed by atoms with Crippen LogP contribution in [0.2, 0.25) is 0 Å². The molecule has 1 heterocycles. The third kappa shape index (κ3) is 3.78. The molecular formula is C22H16BrF2N3O2. The van der Waals surface area contributed by atoms with E-state index < -0.39 is 6.55 Å². The molecule has 1 amide bonds. The maximum absolute atomic E-state index is 13.7. The van der Waals surface area contributed by atoms with Gasteiger partial charge >= 0.3 is 6.55 Å². The zero-order valence-corrected chi connectivity index (χ0v) is 17.4. The van der Waals surface area contributed by atoms with Crippen molar-refractivity contribution in [1.82, 2.24) is 9.55 Å². The first-order valence-electron chi connectivity index (χ1n) is 8.98. The minimum atomic E-state index is -2.72. The highest BCUT2D eigenvalue weighted by molar-refractivity contribution is 9.10. The van der Waals surface area contributed by atoms with E-state index in [-0.39, 0.29) is 11.7 Å². The van der Waals surface area contributed by atoms with Crippen molar-refractivity contribution < 1.29 is 18.3 Å². The van der Waals surface area contributed by atoms with Gasteiger partial charge in [-0.15, -0.1) is 0 Å². The average molecular weight is 472 g/mol. The smallest absolute Gasteiger partial charge is 0.320 e. The fourth-order valence-corrected chi connectivity index (χ4v) is 3.58. The molecule has 5 nitrogen and oxygen atoms in total. The van der Waals surface area contributed by atoms with Crippen LogP contribution >= 0.6 is 15.9 Å². The second-order valence-electron chi connectivity index (χ2n) is 6.45. The summed E-state index contributed by atoms with van der Waals surface area (Å²) in [7, 11) is 1.52. The van der Waals surface area contributed by atoms with Crippen LogP contribution in [0.3, 0.4) is 0 Å². The van der Waals surface area contributed by atoms with E-state index in [1.807, 2.05) is 0 Å². The molecule has 0 bridgehead atoms.